The summed E-state index contributed by atoms with van der Waals surface area (Å²) in [5, 5.41) is 10.6. The molecule has 0 bridgehead atoms. The number of esters is 1. The summed E-state index contributed by atoms with van der Waals surface area (Å²) in [6.45, 7) is 2.17. The van der Waals surface area contributed by atoms with Gasteiger partial charge in [-0.15, -0.1) is 0 Å². The van der Waals surface area contributed by atoms with Crippen molar-refractivity contribution < 1.29 is 14.6 Å². The van der Waals surface area contributed by atoms with Crippen LogP contribution in [0.25, 0.3) is 0 Å². The van der Waals surface area contributed by atoms with Gasteiger partial charge in [0.2, 0.25) is 0 Å². The highest BCUT2D eigenvalue weighted by atomic mass is 16.6. The summed E-state index contributed by atoms with van der Waals surface area (Å²) in [4.78, 5) is 11.6. The smallest absolute Gasteiger partial charge is 0.312 e. The SMILES string of the molecule is C[C@H]1C[C@H]2CC[C@H]3OC(=O)[C@@H](C1)[C@@]23O. The van der Waals surface area contributed by atoms with E-state index in [9.17, 15) is 9.90 Å². The Morgan fingerprint density at radius 1 is 1.43 bits per heavy atom. The van der Waals surface area contributed by atoms with Crippen LogP contribution in [0.3, 0.4) is 0 Å². The summed E-state index contributed by atoms with van der Waals surface area (Å²) in [5.41, 5.74) is -0.802. The van der Waals surface area contributed by atoms with Gasteiger partial charge >= 0.3 is 5.97 Å². The summed E-state index contributed by atoms with van der Waals surface area (Å²) in [6.07, 6.45) is 3.55. The fraction of sp³-hybridized carbons (Fsp3) is 0.909. The first-order valence-corrected chi connectivity index (χ1v) is 5.55. The molecule has 0 aromatic carbocycles. The van der Waals surface area contributed by atoms with Crippen molar-refractivity contribution >= 4 is 5.97 Å². The summed E-state index contributed by atoms with van der Waals surface area (Å²) >= 11 is 0. The molecular formula is C11H16O3. The lowest BCUT2D eigenvalue weighted by Crippen LogP contribution is -2.49. The Balaban J connectivity index is 2.01. The highest BCUT2D eigenvalue weighted by Crippen LogP contribution is 2.55. The van der Waals surface area contributed by atoms with Crippen LogP contribution >= 0.6 is 0 Å². The van der Waals surface area contributed by atoms with Crippen molar-refractivity contribution in [1.82, 2.24) is 0 Å². The minimum atomic E-state index is -0.802. The molecule has 14 heavy (non-hydrogen) atoms. The lowest BCUT2D eigenvalue weighted by Gasteiger charge is -2.39. The standard InChI is InChI=1S/C11H16O3/c1-6-4-7-2-3-9-11(7,13)8(5-6)10(12)14-9/h6-9,13H,2-5H2,1H3/t6-,7+,8+,9+,11-/m0/s1. The molecule has 0 aromatic heterocycles. The van der Waals surface area contributed by atoms with E-state index in [1.165, 1.54) is 0 Å². The molecule has 1 aliphatic heterocycles. The topological polar surface area (TPSA) is 46.5 Å². The van der Waals surface area contributed by atoms with Crippen LogP contribution < -0.4 is 0 Å². The third-order valence-electron chi connectivity index (χ3n) is 4.37. The zero-order valence-electron chi connectivity index (χ0n) is 8.40. The van der Waals surface area contributed by atoms with E-state index in [4.69, 9.17) is 4.74 Å². The van der Waals surface area contributed by atoms with Gasteiger partial charge in [-0.3, -0.25) is 4.79 Å². The highest BCUT2D eigenvalue weighted by molar-refractivity contribution is 5.77. The van der Waals surface area contributed by atoms with E-state index in [0.717, 1.165) is 25.7 Å². The predicted octanol–water partition coefficient (Wildman–Crippen LogP) is 1.10. The molecule has 3 rings (SSSR count). The first kappa shape index (κ1) is 8.72. The minimum absolute atomic E-state index is 0.159. The fourth-order valence-corrected chi connectivity index (χ4v) is 3.73. The molecule has 0 unspecified atom stereocenters. The Morgan fingerprint density at radius 3 is 3.00 bits per heavy atom. The lowest BCUT2D eigenvalue weighted by atomic mass is 9.67. The molecule has 0 amide bonds. The normalized spacial score (nSPS) is 55.7. The van der Waals surface area contributed by atoms with Gasteiger partial charge in [0.25, 0.3) is 0 Å². The van der Waals surface area contributed by atoms with Gasteiger partial charge in [-0.25, -0.2) is 0 Å². The number of aliphatic hydroxyl groups is 1. The third-order valence-corrected chi connectivity index (χ3v) is 4.37. The van der Waals surface area contributed by atoms with Crippen molar-refractivity contribution in [3.05, 3.63) is 0 Å². The van der Waals surface area contributed by atoms with E-state index in [-0.39, 0.29) is 18.0 Å². The van der Waals surface area contributed by atoms with Crippen LogP contribution in [0.4, 0.5) is 0 Å². The molecule has 1 saturated heterocycles. The minimum Gasteiger partial charge on any atom is -0.459 e. The van der Waals surface area contributed by atoms with Crippen LogP contribution in [0.2, 0.25) is 0 Å². The van der Waals surface area contributed by atoms with Crippen LogP contribution in [-0.4, -0.2) is 22.8 Å². The molecule has 5 atom stereocenters. The maximum atomic E-state index is 11.6. The molecule has 2 saturated carbocycles. The van der Waals surface area contributed by atoms with Crippen LogP contribution in [-0.2, 0) is 9.53 Å². The second kappa shape index (κ2) is 2.51. The Bertz CT molecular complexity index is 288. The maximum absolute atomic E-state index is 11.6. The van der Waals surface area contributed by atoms with Gasteiger partial charge < -0.3 is 9.84 Å². The van der Waals surface area contributed by atoms with E-state index in [1.807, 2.05) is 0 Å². The van der Waals surface area contributed by atoms with Crippen molar-refractivity contribution in [3.8, 4) is 0 Å². The molecular weight excluding hydrogens is 180 g/mol. The van der Waals surface area contributed by atoms with Crippen LogP contribution in [0, 0.1) is 17.8 Å². The summed E-state index contributed by atoms with van der Waals surface area (Å²) in [7, 11) is 0. The molecule has 1 heterocycles. The van der Waals surface area contributed by atoms with E-state index >= 15 is 0 Å². The van der Waals surface area contributed by atoms with Crippen molar-refractivity contribution in [3.63, 3.8) is 0 Å². The monoisotopic (exact) mass is 196 g/mol. The molecule has 3 heteroatoms. The van der Waals surface area contributed by atoms with Crippen molar-refractivity contribution in [2.75, 3.05) is 0 Å². The summed E-state index contributed by atoms with van der Waals surface area (Å²) in [5.74, 6) is 0.458. The molecule has 2 aliphatic carbocycles. The van der Waals surface area contributed by atoms with Crippen LogP contribution in [0.5, 0.6) is 0 Å². The zero-order valence-corrected chi connectivity index (χ0v) is 8.40. The van der Waals surface area contributed by atoms with E-state index in [0.29, 0.717) is 11.8 Å². The predicted molar refractivity (Wildman–Crippen MR) is 49.4 cm³/mol. The number of carbonyl (C=O) groups is 1. The Kier molecular flexibility index (Phi) is 1.56. The van der Waals surface area contributed by atoms with Gasteiger partial charge in [-0.1, -0.05) is 6.92 Å². The Hall–Kier alpha value is -0.570. The van der Waals surface area contributed by atoms with Gasteiger partial charge in [0.1, 0.15) is 11.7 Å². The number of ether oxygens (including phenoxy) is 1. The number of rotatable bonds is 0. The molecule has 78 valence electrons. The molecule has 3 nitrogen and oxygen atoms in total. The van der Waals surface area contributed by atoms with Gasteiger partial charge in [0.05, 0.1) is 5.92 Å². The summed E-state index contributed by atoms with van der Waals surface area (Å²) < 4.78 is 5.26. The second-order valence-corrected chi connectivity index (χ2v) is 5.22. The van der Waals surface area contributed by atoms with Crippen molar-refractivity contribution in [2.24, 2.45) is 17.8 Å². The molecule has 0 spiro atoms. The Labute approximate surface area is 83.4 Å². The van der Waals surface area contributed by atoms with Crippen LogP contribution in [0.15, 0.2) is 0 Å². The average Bonchev–Trinajstić information content (AvgIpc) is 2.55. The molecule has 0 radical (unpaired) electrons. The van der Waals surface area contributed by atoms with E-state index in [2.05, 4.69) is 6.92 Å². The molecule has 3 aliphatic rings. The molecule has 0 aromatic rings. The van der Waals surface area contributed by atoms with Gasteiger partial charge in [-0.2, -0.15) is 0 Å². The first-order valence-electron chi connectivity index (χ1n) is 5.55. The molecule has 3 fully saturated rings. The zero-order chi connectivity index (χ0) is 9.92. The molecule has 1 N–H and O–H groups in total. The maximum Gasteiger partial charge on any atom is 0.312 e. The highest BCUT2D eigenvalue weighted by Gasteiger charge is 2.65. The lowest BCUT2D eigenvalue weighted by molar-refractivity contribution is -0.145. The quantitative estimate of drug-likeness (QED) is 0.590. The van der Waals surface area contributed by atoms with Crippen molar-refractivity contribution in [2.45, 2.75) is 44.3 Å². The van der Waals surface area contributed by atoms with Crippen LogP contribution in [0.1, 0.15) is 32.6 Å². The largest absolute Gasteiger partial charge is 0.459 e. The average molecular weight is 196 g/mol. The van der Waals surface area contributed by atoms with E-state index in [1.54, 1.807) is 0 Å². The third kappa shape index (κ3) is 0.842. The number of hydrogen-bond donors (Lipinski definition) is 1. The van der Waals surface area contributed by atoms with E-state index < -0.39 is 5.60 Å². The Morgan fingerprint density at radius 2 is 2.21 bits per heavy atom. The number of carbonyl (C=O) groups excluding carboxylic acids is 1. The van der Waals surface area contributed by atoms with Gasteiger partial charge in [0, 0.05) is 0 Å². The fourth-order valence-electron chi connectivity index (χ4n) is 3.73. The van der Waals surface area contributed by atoms with Gasteiger partial charge in [0.15, 0.2) is 0 Å². The van der Waals surface area contributed by atoms with Crippen molar-refractivity contribution in [1.29, 1.82) is 0 Å². The number of hydrogen-bond acceptors (Lipinski definition) is 3. The summed E-state index contributed by atoms with van der Waals surface area (Å²) in [6, 6.07) is 0. The second-order valence-electron chi connectivity index (χ2n) is 5.22. The first-order chi connectivity index (χ1) is 6.62. The van der Waals surface area contributed by atoms with Gasteiger partial charge in [-0.05, 0) is 37.5 Å².